The first-order chi connectivity index (χ1) is 13.1. The van der Waals surface area contributed by atoms with Crippen LogP contribution in [0.3, 0.4) is 0 Å². The van der Waals surface area contributed by atoms with Crippen LogP contribution in [-0.4, -0.2) is 58.0 Å². The van der Waals surface area contributed by atoms with Crippen LogP contribution in [0.15, 0.2) is 42.0 Å². The quantitative estimate of drug-likeness (QED) is 0.745. The lowest BCUT2D eigenvalue weighted by molar-refractivity contribution is -0.130. The number of amides is 1. The number of carboxylic acid groups (broad SMARTS) is 1. The minimum Gasteiger partial charge on any atom is -0.478 e. The first-order valence-corrected chi connectivity index (χ1v) is 9.53. The van der Waals surface area contributed by atoms with E-state index < -0.39 is 5.97 Å². The van der Waals surface area contributed by atoms with Gasteiger partial charge in [-0.2, -0.15) is 0 Å². The lowest BCUT2D eigenvalue weighted by atomic mass is 10.1. The topological polar surface area (TPSA) is 86.6 Å². The second-order valence-electron chi connectivity index (χ2n) is 6.39. The van der Waals surface area contributed by atoms with Crippen LogP contribution < -0.4 is 4.90 Å². The van der Waals surface area contributed by atoms with E-state index in [1.54, 1.807) is 35.9 Å². The molecule has 0 aliphatic carbocycles. The minimum atomic E-state index is -0.984. The van der Waals surface area contributed by atoms with Gasteiger partial charge >= 0.3 is 5.97 Å². The zero-order valence-corrected chi connectivity index (χ0v) is 15.4. The number of hydrogen-bond acceptors (Lipinski definition) is 6. The predicted octanol–water partition coefficient (Wildman–Crippen LogP) is 2.28. The molecule has 8 heteroatoms. The van der Waals surface area contributed by atoms with Gasteiger partial charge in [0.05, 0.1) is 17.4 Å². The zero-order valence-electron chi connectivity index (χ0n) is 14.5. The van der Waals surface area contributed by atoms with Crippen molar-refractivity contribution < 1.29 is 14.7 Å². The molecular weight excluding hydrogens is 364 g/mol. The summed E-state index contributed by atoms with van der Waals surface area (Å²) in [6.45, 7) is 2.66. The van der Waals surface area contributed by atoms with Gasteiger partial charge in [-0.15, -0.1) is 11.3 Å². The molecule has 1 saturated heterocycles. The van der Waals surface area contributed by atoms with E-state index in [9.17, 15) is 9.59 Å². The van der Waals surface area contributed by atoms with E-state index in [4.69, 9.17) is 5.11 Å². The molecule has 0 unspecified atom stereocenters. The molecule has 2 aromatic heterocycles. The SMILES string of the molecule is O=C(O)c1cccc(CC(=O)N2CCN(c3ncnc4sccc34)CC2)c1. The fourth-order valence-electron chi connectivity index (χ4n) is 3.30. The summed E-state index contributed by atoms with van der Waals surface area (Å²) in [5, 5.41) is 12.1. The number of fused-ring (bicyclic) bond motifs is 1. The number of thiophene rings is 1. The van der Waals surface area contributed by atoms with Gasteiger partial charge in [0, 0.05) is 26.2 Å². The number of aromatic nitrogens is 2. The molecule has 4 rings (SSSR count). The van der Waals surface area contributed by atoms with Crippen molar-refractivity contribution in [3.63, 3.8) is 0 Å². The van der Waals surface area contributed by atoms with Gasteiger partial charge in [-0.25, -0.2) is 14.8 Å². The maximum absolute atomic E-state index is 12.6. The highest BCUT2D eigenvalue weighted by Crippen LogP contribution is 2.27. The molecule has 138 valence electrons. The van der Waals surface area contributed by atoms with Crippen LogP contribution in [-0.2, 0) is 11.2 Å². The third-order valence-electron chi connectivity index (χ3n) is 4.70. The summed E-state index contributed by atoms with van der Waals surface area (Å²) in [6, 6.07) is 8.58. The molecule has 1 aliphatic heterocycles. The van der Waals surface area contributed by atoms with Crippen molar-refractivity contribution in [2.75, 3.05) is 31.1 Å². The number of aromatic carboxylic acids is 1. The van der Waals surface area contributed by atoms with E-state index in [1.807, 2.05) is 16.3 Å². The first kappa shape index (κ1) is 17.4. The molecule has 0 spiro atoms. The van der Waals surface area contributed by atoms with E-state index in [2.05, 4.69) is 14.9 Å². The highest BCUT2D eigenvalue weighted by molar-refractivity contribution is 7.16. The Bertz CT molecular complexity index is 995. The Balaban J connectivity index is 1.40. The summed E-state index contributed by atoms with van der Waals surface area (Å²) in [6.07, 6.45) is 1.80. The summed E-state index contributed by atoms with van der Waals surface area (Å²) in [4.78, 5) is 37.4. The molecule has 0 saturated carbocycles. The number of nitrogens with zero attached hydrogens (tertiary/aromatic N) is 4. The van der Waals surface area contributed by atoms with E-state index >= 15 is 0 Å². The van der Waals surface area contributed by atoms with Crippen LogP contribution in [0.4, 0.5) is 5.82 Å². The van der Waals surface area contributed by atoms with Crippen molar-refractivity contribution >= 4 is 39.2 Å². The largest absolute Gasteiger partial charge is 0.478 e. The molecule has 3 heterocycles. The molecule has 0 radical (unpaired) electrons. The number of hydrogen-bond donors (Lipinski definition) is 1. The van der Waals surface area contributed by atoms with Crippen LogP contribution in [0.25, 0.3) is 10.2 Å². The van der Waals surface area contributed by atoms with Gasteiger partial charge in [-0.1, -0.05) is 12.1 Å². The van der Waals surface area contributed by atoms with Gasteiger partial charge in [-0.3, -0.25) is 4.79 Å². The van der Waals surface area contributed by atoms with Gasteiger partial charge in [0.2, 0.25) is 5.91 Å². The molecule has 3 aromatic rings. The van der Waals surface area contributed by atoms with Gasteiger partial charge in [0.15, 0.2) is 0 Å². The third-order valence-corrected chi connectivity index (χ3v) is 5.52. The highest BCUT2D eigenvalue weighted by atomic mass is 32.1. The van der Waals surface area contributed by atoms with Crippen molar-refractivity contribution in [3.05, 3.63) is 53.2 Å². The van der Waals surface area contributed by atoms with E-state index in [-0.39, 0.29) is 17.9 Å². The van der Waals surface area contributed by atoms with Crippen molar-refractivity contribution in [2.24, 2.45) is 0 Å². The van der Waals surface area contributed by atoms with Crippen LogP contribution in [0.2, 0.25) is 0 Å². The zero-order chi connectivity index (χ0) is 18.8. The number of benzene rings is 1. The molecule has 27 heavy (non-hydrogen) atoms. The number of rotatable bonds is 4. The highest BCUT2D eigenvalue weighted by Gasteiger charge is 2.23. The number of anilines is 1. The molecule has 1 aromatic carbocycles. The molecular formula is C19H18N4O3S. The van der Waals surface area contributed by atoms with Crippen molar-refractivity contribution in [2.45, 2.75) is 6.42 Å². The maximum Gasteiger partial charge on any atom is 0.335 e. The second-order valence-corrected chi connectivity index (χ2v) is 7.28. The van der Waals surface area contributed by atoms with Crippen LogP contribution in [0.1, 0.15) is 15.9 Å². The van der Waals surface area contributed by atoms with Gasteiger partial charge < -0.3 is 14.9 Å². The Kier molecular flexibility index (Phi) is 4.72. The summed E-state index contributed by atoms with van der Waals surface area (Å²) < 4.78 is 0. The normalized spacial score (nSPS) is 14.5. The Morgan fingerprint density at radius 2 is 1.93 bits per heavy atom. The average Bonchev–Trinajstić information content (AvgIpc) is 3.17. The molecule has 1 aliphatic rings. The number of carboxylic acids is 1. The predicted molar refractivity (Wildman–Crippen MR) is 103 cm³/mol. The van der Waals surface area contributed by atoms with E-state index in [0.717, 1.165) is 21.6 Å². The molecule has 1 fully saturated rings. The molecule has 0 bridgehead atoms. The maximum atomic E-state index is 12.6. The Morgan fingerprint density at radius 3 is 2.70 bits per heavy atom. The van der Waals surface area contributed by atoms with Gasteiger partial charge in [-0.05, 0) is 29.1 Å². The second kappa shape index (κ2) is 7.32. The van der Waals surface area contributed by atoms with E-state index in [0.29, 0.717) is 26.2 Å². The van der Waals surface area contributed by atoms with Crippen molar-refractivity contribution in [3.8, 4) is 0 Å². The van der Waals surface area contributed by atoms with Crippen LogP contribution >= 0.6 is 11.3 Å². The van der Waals surface area contributed by atoms with E-state index in [1.165, 1.54) is 6.07 Å². The fourth-order valence-corrected chi connectivity index (χ4v) is 4.02. The fraction of sp³-hybridized carbons (Fsp3) is 0.263. The Labute approximate surface area is 159 Å². The smallest absolute Gasteiger partial charge is 0.335 e. The Morgan fingerprint density at radius 1 is 1.11 bits per heavy atom. The van der Waals surface area contributed by atoms with Crippen molar-refractivity contribution in [1.29, 1.82) is 0 Å². The summed E-state index contributed by atoms with van der Waals surface area (Å²) in [7, 11) is 0. The molecule has 1 amide bonds. The summed E-state index contributed by atoms with van der Waals surface area (Å²) in [5.74, 6) is -0.0504. The number of carbonyl (C=O) groups is 2. The first-order valence-electron chi connectivity index (χ1n) is 8.65. The Hall–Kier alpha value is -3.00. The molecule has 0 atom stereocenters. The van der Waals surface area contributed by atoms with Crippen LogP contribution in [0, 0.1) is 0 Å². The minimum absolute atomic E-state index is 0.0144. The lowest BCUT2D eigenvalue weighted by Crippen LogP contribution is -2.49. The summed E-state index contributed by atoms with van der Waals surface area (Å²) >= 11 is 1.59. The van der Waals surface area contributed by atoms with Crippen LogP contribution in [0.5, 0.6) is 0 Å². The number of piperazine rings is 1. The lowest BCUT2D eigenvalue weighted by Gasteiger charge is -2.35. The number of carbonyl (C=O) groups excluding carboxylic acids is 1. The third kappa shape index (κ3) is 3.61. The average molecular weight is 382 g/mol. The van der Waals surface area contributed by atoms with Gasteiger partial charge in [0.1, 0.15) is 17.0 Å². The molecule has 1 N–H and O–H groups in total. The molecule has 7 nitrogen and oxygen atoms in total. The monoisotopic (exact) mass is 382 g/mol. The van der Waals surface area contributed by atoms with Gasteiger partial charge in [0.25, 0.3) is 0 Å². The standard InChI is InChI=1S/C19H18N4O3S/c24-16(11-13-2-1-3-14(10-13)19(25)26)22-5-7-23(8-6-22)17-15-4-9-27-18(15)21-12-20-17/h1-4,9-10,12H,5-8,11H2,(H,25,26). The van der Waals surface area contributed by atoms with Crippen molar-refractivity contribution in [1.82, 2.24) is 14.9 Å². The summed E-state index contributed by atoms with van der Waals surface area (Å²) in [5.41, 5.74) is 0.923.